The van der Waals surface area contributed by atoms with Crippen LogP contribution in [0.3, 0.4) is 0 Å². The molecule has 0 rings (SSSR count). The largest absolute Gasteiger partial charge is 0.396 e. The average molecular weight is 232 g/mol. The van der Waals surface area contributed by atoms with Crippen molar-refractivity contribution < 1.29 is 19.4 Å². The van der Waals surface area contributed by atoms with E-state index in [1.165, 1.54) is 0 Å². The van der Waals surface area contributed by atoms with Crippen LogP contribution in [0, 0.1) is 0 Å². The van der Waals surface area contributed by atoms with Crippen molar-refractivity contribution in [3.63, 3.8) is 0 Å². The predicted molar refractivity (Wildman–Crippen MR) is 58.8 cm³/mol. The van der Waals surface area contributed by atoms with E-state index in [-0.39, 0.29) is 24.8 Å². The summed E-state index contributed by atoms with van der Waals surface area (Å²) in [5, 5.41) is 13.7. The van der Waals surface area contributed by atoms with E-state index in [1.54, 1.807) is 14.0 Å². The Labute approximate surface area is 95.4 Å². The summed E-state index contributed by atoms with van der Waals surface area (Å²) in [6.07, 6.45) is 0.635. The topological polar surface area (TPSA) is 87.7 Å². The van der Waals surface area contributed by atoms with E-state index >= 15 is 0 Å². The molecule has 2 amide bonds. The fourth-order valence-electron chi connectivity index (χ4n) is 1.05. The van der Waals surface area contributed by atoms with Gasteiger partial charge >= 0.3 is 0 Å². The molecule has 0 aromatic heterocycles. The molecule has 0 radical (unpaired) electrons. The normalized spacial score (nSPS) is 11.9. The van der Waals surface area contributed by atoms with E-state index < -0.39 is 6.04 Å². The number of rotatable bonds is 8. The van der Waals surface area contributed by atoms with Crippen LogP contribution in [0.1, 0.15) is 19.8 Å². The van der Waals surface area contributed by atoms with Crippen LogP contribution in [0.15, 0.2) is 0 Å². The standard InChI is InChI=1S/C10H20N2O4/c1-8(10(15)11-5-7-16-2)12-9(14)4-3-6-13/h8,13H,3-7H2,1-2H3,(H,11,15)(H,12,14). The smallest absolute Gasteiger partial charge is 0.242 e. The van der Waals surface area contributed by atoms with Crippen LogP contribution in [0.2, 0.25) is 0 Å². The minimum Gasteiger partial charge on any atom is -0.396 e. The lowest BCUT2D eigenvalue weighted by Crippen LogP contribution is -2.45. The van der Waals surface area contributed by atoms with Crippen LogP contribution in [0.5, 0.6) is 0 Å². The fourth-order valence-corrected chi connectivity index (χ4v) is 1.05. The molecule has 0 bridgehead atoms. The van der Waals surface area contributed by atoms with Crippen LogP contribution >= 0.6 is 0 Å². The van der Waals surface area contributed by atoms with E-state index in [2.05, 4.69) is 10.6 Å². The van der Waals surface area contributed by atoms with Crippen LogP contribution in [-0.2, 0) is 14.3 Å². The van der Waals surface area contributed by atoms with Crippen molar-refractivity contribution in [3.8, 4) is 0 Å². The minimum atomic E-state index is -0.567. The number of hydrogen-bond donors (Lipinski definition) is 3. The van der Waals surface area contributed by atoms with Gasteiger partial charge in [0.2, 0.25) is 11.8 Å². The molecule has 16 heavy (non-hydrogen) atoms. The van der Waals surface area contributed by atoms with Gasteiger partial charge in [-0.2, -0.15) is 0 Å². The average Bonchev–Trinajstić information content (AvgIpc) is 2.26. The molecule has 0 aliphatic heterocycles. The number of amides is 2. The fraction of sp³-hybridized carbons (Fsp3) is 0.800. The Bertz CT molecular complexity index is 221. The van der Waals surface area contributed by atoms with Crippen molar-refractivity contribution >= 4 is 11.8 Å². The highest BCUT2D eigenvalue weighted by Crippen LogP contribution is 1.89. The summed E-state index contributed by atoms with van der Waals surface area (Å²) >= 11 is 0. The van der Waals surface area contributed by atoms with Crippen LogP contribution in [0.25, 0.3) is 0 Å². The molecular formula is C10H20N2O4. The molecule has 0 spiro atoms. The van der Waals surface area contributed by atoms with E-state index in [9.17, 15) is 9.59 Å². The van der Waals surface area contributed by atoms with Crippen molar-refractivity contribution in [1.82, 2.24) is 10.6 Å². The molecule has 1 unspecified atom stereocenters. The SMILES string of the molecule is COCCNC(=O)C(C)NC(=O)CCCO. The second-order valence-electron chi connectivity index (χ2n) is 3.40. The molecule has 94 valence electrons. The molecule has 0 aromatic carbocycles. The summed E-state index contributed by atoms with van der Waals surface area (Å²) in [7, 11) is 1.55. The van der Waals surface area contributed by atoms with E-state index in [0.29, 0.717) is 19.6 Å². The van der Waals surface area contributed by atoms with E-state index in [0.717, 1.165) is 0 Å². The van der Waals surface area contributed by atoms with Gasteiger partial charge in [0.1, 0.15) is 6.04 Å². The number of aliphatic hydroxyl groups is 1. The first-order valence-corrected chi connectivity index (χ1v) is 5.28. The molecule has 0 heterocycles. The number of nitrogens with one attached hydrogen (secondary N) is 2. The molecule has 0 aromatic rings. The zero-order chi connectivity index (χ0) is 12.4. The molecule has 0 aliphatic rings. The highest BCUT2D eigenvalue weighted by atomic mass is 16.5. The maximum absolute atomic E-state index is 11.4. The second-order valence-corrected chi connectivity index (χ2v) is 3.40. The second kappa shape index (κ2) is 9.11. The number of ether oxygens (including phenoxy) is 1. The molecule has 3 N–H and O–H groups in total. The molecule has 6 heteroatoms. The quantitative estimate of drug-likeness (QED) is 0.470. The number of methoxy groups -OCH3 is 1. The van der Waals surface area contributed by atoms with Gasteiger partial charge < -0.3 is 20.5 Å². The van der Waals surface area contributed by atoms with Crippen LogP contribution in [-0.4, -0.2) is 49.8 Å². The van der Waals surface area contributed by atoms with Crippen LogP contribution < -0.4 is 10.6 Å². The highest BCUT2D eigenvalue weighted by Gasteiger charge is 2.14. The zero-order valence-corrected chi connectivity index (χ0v) is 9.78. The Hall–Kier alpha value is -1.14. The number of aliphatic hydroxyl groups excluding tert-OH is 1. The summed E-state index contributed by atoms with van der Waals surface area (Å²) in [5.41, 5.74) is 0. The molecule has 6 nitrogen and oxygen atoms in total. The monoisotopic (exact) mass is 232 g/mol. The Kier molecular flexibility index (Phi) is 8.46. The summed E-state index contributed by atoms with van der Waals surface area (Å²) in [4.78, 5) is 22.6. The van der Waals surface area contributed by atoms with E-state index in [1.807, 2.05) is 0 Å². The van der Waals surface area contributed by atoms with Crippen LogP contribution in [0.4, 0.5) is 0 Å². The molecule has 1 atom stereocenters. The van der Waals surface area contributed by atoms with Crippen molar-refractivity contribution in [2.24, 2.45) is 0 Å². The first-order valence-electron chi connectivity index (χ1n) is 5.28. The first kappa shape index (κ1) is 14.9. The van der Waals surface area contributed by atoms with Gasteiger partial charge in [-0.1, -0.05) is 0 Å². The zero-order valence-electron chi connectivity index (χ0n) is 9.78. The Balaban J connectivity index is 3.73. The van der Waals surface area contributed by atoms with Gasteiger partial charge in [-0.3, -0.25) is 9.59 Å². The Morgan fingerprint density at radius 3 is 2.69 bits per heavy atom. The number of carbonyl (C=O) groups excluding carboxylic acids is 2. The van der Waals surface area contributed by atoms with Gasteiger partial charge in [0.25, 0.3) is 0 Å². The summed E-state index contributed by atoms with van der Waals surface area (Å²) in [6.45, 7) is 2.45. The van der Waals surface area contributed by atoms with Crippen molar-refractivity contribution in [1.29, 1.82) is 0 Å². The number of hydrogen-bond acceptors (Lipinski definition) is 4. The molecular weight excluding hydrogens is 212 g/mol. The minimum absolute atomic E-state index is 0.0260. The van der Waals surface area contributed by atoms with Gasteiger partial charge in [-0.25, -0.2) is 0 Å². The highest BCUT2D eigenvalue weighted by molar-refractivity contribution is 5.87. The summed E-state index contributed by atoms with van der Waals surface area (Å²) in [5.74, 6) is -0.474. The summed E-state index contributed by atoms with van der Waals surface area (Å²) in [6, 6.07) is -0.567. The van der Waals surface area contributed by atoms with Gasteiger partial charge in [0.15, 0.2) is 0 Å². The molecule has 0 saturated heterocycles. The number of carbonyl (C=O) groups is 2. The van der Waals surface area contributed by atoms with Crippen molar-refractivity contribution in [2.45, 2.75) is 25.8 Å². The Morgan fingerprint density at radius 1 is 1.44 bits per heavy atom. The summed E-state index contributed by atoms with van der Waals surface area (Å²) < 4.78 is 4.78. The van der Waals surface area contributed by atoms with Crippen molar-refractivity contribution in [2.75, 3.05) is 26.9 Å². The molecule has 0 fully saturated rings. The maximum Gasteiger partial charge on any atom is 0.242 e. The lowest BCUT2D eigenvalue weighted by molar-refractivity contribution is -0.128. The lowest BCUT2D eigenvalue weighted by Gasteiger charge is -2.13. The van der Waals surface area contributed by atoms with Gasteiger partial charge in [-0.15, -0.1) is 0 Å². The predicted octanol–water partition coefficient (Wildman–Crippen LogP) is -0.974. The molecule has 0 aliphatic carbocycles. The first-order chi connectivity index (χ1) is 7.61. The van der Waals surface area contributed by atoms with Gasteiger partial charge in [-0.05, 0) is 13.3 Å². The van der Waals surface area contributed by atoms with Crippen molar-refractivity contribution in [3.05, 3.63) is 0 Å². The van der Waals surface area contributed by atoms with E-state index in [4.69, 9.17) is 9.84 Å². The van der Waals surface area contributed by atoms with Gasteiger partial charge in [0.05, 0.1) is 6.61 Å². The third kappa shape index (κ3) is 7.19. The third-order valence-electron chi connectivity index (χ3n) is 1.94. The third-order valence-corrected chi connectivity index (χ3v) is 1.94. The molecule has 0 saturated carbocycles. The Morgan fingerprint density at radius 2 is 2.12 bits per heavy atom. The maximum atomic E-state index is 11.4. The lowest BCUT2D eigenvalue weighted by atomic mass is 10.2. The van der Waals surface area contributed by atoms with Gasteiger partial charge in [0, 0.05) is 26.7 Å².